The fourth-order valence-electron chi connectivity index (χ4n) is 7.70. The third-order valence-corrected chi connectivity index (χ3v) is 11.2. The van der Waals surface area contributed by atoms with Crippen LogP contribution in [0.2, 0.25) is 0 Å². The van der Waals surface area contributed by atoms with Crippen LogP contribution < -0.4 is 4.90 Å². The second-order valence-corrected chi connectivity index (χ2v) is 13.9. The average molecular weight is 669 g/mol. The summed E-state index contributed by atoms with van der Waals surface area (Å²) in [5.41, 5.74) is 11.9. The first-order chi connectivity index (χ1) is 25.3. The number of hydrogen-bond acceptors (Lipinski definition) is 2. The number of fused-ring (bicyclic) bond motifs is 6. The first-order valence-electron chi connectivity index (χ1n) is 17.4. The molecule has 2 aromatic heterocycles. The SMILES string of the molecule is c1ccc(-c2ccccc2N(c2ccc(-c3cccc4ccccc34)cc2)c2cccc3c2sc2c4ccccc4n(-c4ccccc4)c32)cc1. The maximum Gasteiger partial charge on any atom is 0.0728 e. The Balaban J connectivity index is 1.23. The van der Waals surface area contributed by atoms with Crippen LogP contribution in [0, 0.1) is 0 Å². The largest absolute Gasteiger partial charge is 0.308 e. The van der Waals surface area contributed by atoms with Crippen molar-refractivity contribution in [2.24, 2.45) is 0 Å². The highest BCUT2D eigenvalue weighted by Crippen LogP contribution is 2.49. The van der Waals surface area contributed by atoms with Crippen molar-refractivity contribution < 1.29 is 0 Å². The van der Waals surface area contributed by atoms with Crippen LogP contribution in [-0.4, -0.2) is 4.57 Å². The van der Waals surface area contributed by atoms with Gasteiger partial charge < -0.3 is 9.47 Å². The Hall–Kier alpha value is -6.42. The van der Waals surface area contributed by atoms with E-state index in [-0.39, 0.29) is 0 Å². The molecule has 10 aromatic rings. The molecular formula is C48H32N2S. The van der Waals surface area contributed by atoms with Crippen molar-refractivity contribution in [3.8, 4) is 27.9 Å². The minimum absolute atomic E-state index is 1.11. The molecule has 0 unspecified atom stereocenters. The second kappa shape index (κ2) is 12.2. The van der Waals surface area contributed by atoms with Crippen LogP contribution in [0.1, 0.15) is 0 Å². The van der Waals surface area contributed by atoms with Crippen LogP contribution in [-0.2, 0) is 0 Å². The number of anilines is 3. The summed E-state index contributed by atoms with van der Waals surface area (Å²) in [7, 11) is 0. The van der Waals surface area contributed by atoms with Crippen LogP contribution in [0.4, 0.5) is 17.1 Å². The summed E-state index contributed by atoms with van der Waals surface area (Å²) >= 11 is 1.89. The van der Waals surface area contributed by atoms with Crippen molar-refractivity contribution in [2.75, 3.05) is 4.90 Å². The van der Waals surface area contributed by atoms with E-state index in [0.29, 0.717) is 0 Å². The fraction of sp³-hybridized carbons (Fsp3) is 0. The quantitative estimate of drug-likeness (QED) is 0.171. The second-order valence-electron chi connectivity index (χ2n) is 12.9. The van der Waals surface area contributed by atoms with Crippen LogP contribution in [0.5, 0.6) is 0 Å². The molecule has 51 heavy (non-hydrogen) atoms. The molecule has 0 bridgehead atoms. The molecule has 0 saturated heterocycles. The number of rotatable bonds is 6. The van der Waals surface area contributed by atoms with Gasteiger partial charge in [0.2, 0.25) is 0 Å². The highest BCUT2D eigenvalue weighted by Gasteiger charge is 2.24. The molecule has 0 aliphatic carbocycles. The molecule has 0 radical (unpaired) electrons. The third kappa shape index (κ3) is 4.85. The van der Waals surface area contributed by atoms with Crippen molar-refractivity contribution in [1.82, 2.24) is 4.57 Å². The molecule has 0 aliphatic heterocycles. The molecule has 0 atom stereocenters. The van der Waals surface area contributed by atoms with Gasteiger partial charge in [0.15, 0.2) is 0 Å². The van der Waals surface area contributed by atoms with Gasteiger partial charge in [-0.2, -0.15) is 0 Å². The van der Waals surface area contributed by atoms with Gasteiger partial charge in [0.1, 0.15) is 0 Å². The lowest BCUT2D eigenvalue weighted by Crippen LogP contribution is -2.11. The topological polar surface area (TPSA) is 8.17 Å². The number of para-hydroxylation sites is 3. The van der Waals surface area contributed by atoms with Gasteiger partial charge >= 0.3 is 0 Å². The normalized spacial score (nSPS) is 11.5. The van der Waals surface area contributed by atoms with Crippen molar-refractivity contribution in [3.05, 3.63) is 194 Å². The van der Waals surface area contributed by atoms with E-state index in [0.717, 1.165) is 11.4 Å². The van der Waals surface area contributed by atoms with E-state index in [1.54, 1.807) is 0 Å². The molecule has 0 saturated carbocycles. The molecule has 0 N–H and O–H groups in total. The average Bonchev–Trinajstić information content (AvgIpc) is 3.74. The number of hydrogen-bond donors (Lipinski definition) is 0. The molecular weight excluding hydrogens is 637 g/mol. The highest BCUT2D eigenvalue weighted by molar-refractivity contribution is 7.27. The van der Waals surface area contributed by atoms with Crippen LogP contribution >= 0.6 is 11.3 Å². The Labute approximate surface area is 300 Å². The molecule has 2 heterocycles. The van der Waals surface area contributed by atoms with Gasteiger partial charge in [0.05, 0.1) is 31.8 Å². The summed E-state index contributed by atoms with van der Waals surface area (Å²) in [6.07, 6.45) is 0. The smallest absolute Gasteiger partial charge is 0.0728 e. The lowest BCUT2D eigenvalue weighted by atomic mass is 9.97. The van der Waals surface area contributed by atoms with E-state index in [9.17, 15) is 0 Å². The van der Waals surface area contributed by atoms with Crippen molar-refractivity contribution in [1.29, 1.82) is 0 Å². The molecule has 8 aromatic carbocycles. The van der Waals surface area contributed by atoms with E-state index in [2.05, 4.69) is 204 Å². The van der Waals surface area contributed by atoms with Gasteiger partial charge in [-0.1, -0.05) is 152 Å². The molecule has 0 amide bonds. The van der Waals surface area contributed by atoms with Crippen LogP contribution in [0.15, 0.2) is 194 Å². The summed E-state index contributed by atoms with van der Waals surface area (Å²) in [5.74, 6) is 0. The number of nitrogens with zero attached hydrogens (tertiary/aromatic N) is 2. The minimum Gasteiger partial charge on any atom is -0.308 e. The van der Waals surface area contributed by atoms with E-state index in [4.69, 9.17) is 0 Å². The Kier molecular flexibility index (Phi) is 7.04. The van der Waals surface area contributed by atoms with E-state index < -0.39 is 0 Å². The van der Waals surface area contributed by atoms with Crippen molar-refractivity contribution in [2.45, 2.75) is 0 Å². The predicted molar refractivity (Wildman–Crippen MR) is 219 cm³/mol. The third-order valence-electron chi connectivity index (χ3n) is 9.99. The fourth-order valence-corrected chi connectivity index (χ4v) is 9.03. The van der Waals surface area contributed by atoms with Gasteiger partial charge in [0.25, 0.3) is 0 Å². The summed E-state index contributed by atoms with van der Waals surface area (Å²) in [6, 6.07) is 70.2. The predicted octanol–water partition coefficient (Wildman–Crippen LogP) is 14.0. The molecule has 240 valence electrons. The molecule has 0 aliphatic rings. The number of aromatic nitrogens is 1. The molecule has 10 rings (SSSR count). The zero-order valence-electron chi connectivity index (χ0n) is 27.8. The first-order valence-corrected chi connectivity index (χ1v) is 18.2. The van der Waals surface area contributed by atoms with Gasteiger partial charge in [-0.25, -0.2) is 0 Å². The number of benzene rings is 8. The molecule has 0 fully saturated rings. The van der Waals surface area contributed by atoms with Gasteiger partial charge in [-0.3, -0.25) is 0 Å². The minimum atomic E-state index is 1.11. The Morgan fingerprint density at radius 1 is 0.392 bits per heavy atom. The maximum atomic E-state index is 2.46. The molecule has 2 nitrogen and oxygen atoms in total. The zero-order valence-corrected chi connectivity index (χ0v) is 28.6. The lowest BCUT2D eigenvalue weighted by molar-refractivity contribution is 1.19. The Morgan fingerprint density at radius 3 is 1.82 bits per heavy atom. The summed E-state index contributed by atoms with van der Waals surface area (Å²) in [5, 5.41) is 5.04. The molecule has 3 heteroatoms. The maximum absolute atomic E-state index is 2.46. The summed E-state index contributed by atoms with van der Waals surface area (Å²) in [4.78, 5) is 2.46. The van der Waals surface area contributed by atoms with E-state index in [1.807, 2.05) is 11.3 Å². The van der Waals surface area contributed by atoms with Gasteiger partial charge in [-0.05, 0) is 69.9 Å². The highest BCUT2D eigenvalue weighted by atomic mass is 32.1. The number of thiophene rings is 1. The van der Waals surface area contributed by atoms with Crippen LogP contribution in [0.25, 0.3) is 69.9 Å². The van der Waals surface area contributed by atoms with E-state index >= 15 is 0 Å². The van der Waals surface area contributed by atoms with Gasteiger partial charge in [-0.15, -0.1) is 11.3 Å². The molecule has 0 spiro atoms. The van der Waals surface area contributed by atoms with Crippen molar-refractivity contribution in [3.63, 3.8) is 0 Å². The summed E-state index contributed by atoms with van der Waals surface area (Å²) in [6.45, 7) is 0. The Bertz CT molecular complexity index is 2840. The zero-order chi connectivity index (χ0) is 33.7. The van der Waals surface area contributed by atoms with Crippen LogP contribution in [0.3, 0.4) is 0 Å². The Morgan fingerprint density at radius 2 is 0.980 bits per heavy atom. The monoisotopic (exact) mass is 668 g/mol. The van der Waals surface area contributed by atoms with Crippen molar-refractivity contribution >= 4 is 70.4 Å². The van der Waals surface area contributed by atoms with Gasteiger partial charge in [0, 0.05) is 27.7 Å². The standard InChI is InChI=1S/C48H32N2S/c1-3-15-34(16-4-1)40-22-9-11-26-43(40)49(37-31-29-35(30-32-37)39-24-13-18-33-17-7-8-21-38(33)39)45-28-14-25-42-46-48(51-47(42)45)41-23-10-12-27-44(41)50(46)36-19-5-2-6-20-36/h1-32H. The first kappa shape index (κ1) is 29.5. The van der Waals surface area contributed by atoms with E-state index in [1.165, 1.54) is 75.6 Å². The lowest BCUT2D eigenvalue weighted by Gasteiger charge is -2.28. The summed E-state index contributed by atoms with van der Waals surface area (Å²) < 4.78 is 5.01.